The minimum absolute atomic E-state index is 0.308. The summed E-state index contributed by atoms with van der Waals surface area (Å²) in [5, 5.41) is 0. The molecule has 0 amide bonds. The Hall–Kier alpha value is -0.830. The summed E-state index contributed by atoms with van der Waals surface area (Å²) in [6, 6.07) is 3.83. The Labute approximate surface area is 84.9 Å². The van der Waals surface area contributed by atoms with E-state index < -0.39 is 9.84 Å². The van der Waals surface area contributed by atoms with E-state index in [-0.39, 0.29) is 0 Å². The molecular formula is C11H14O2S. The summed E-state index contributed by atoms with van der Waals surface area (Å²) < 4.78 is 23.5. The van der Waals surface area contributed by atoms with Gasteiger partial charge >= 0.3 is 0 Å². The Bertz CT molecular complexity index is 472. The fraction of sp³-hybridized carbons (Fsp3) is 0.455. The van der Waals surface area contributed by atoms with Crippen molar-refractivity contribution >= 4 is 9.84 Å². The van der Waals surface area contributed by atoms with Crippen LogP contribution in [-0.2, 0) is 16.3 Å². The predicted molar refractivity (Wildman–Crippen MR) is 56.3 cm³/mol. The van der Waals surface area contributed by atoms with E-state index in [9.17, 15) is 8.42 Å². The van der Waals surface area contributed by atoms with Crippen LogP contribution in [-0.4, -0.2) is 14.2 Å². The Morgan fingerprint density at radius 3 is 2.50 bits per heavy atom. The smallest absolute Gasteiger partial charge is 0.178 e. The van der Waals surface area contributed by atoms with Crippen molar-refractivity contribution in [1.82, 2.24) is 0 Å². The molecule has 1 aliphatic rings. The van der Waals surface area contributed by atoms with Crippen LogP contribution in [0.4, 0.5) is 0 Å². The third-order valence-corrected chi connectivity index (χ3v) is 4.75. The molecule has 0 saturated carbocycles. The van der Waals surface area contributed by atoms with Crippen LogP contribution in [0, 0.1) is 13.8 Å². The van der Waals surface area contributed by atoms with E-state index in [1.807, 2.05) is 26.0 Å². The second-order valence-electron chi connectivity index (χ2n) is 3.97. The molecule has 1 heterocycles. The molecule has 0 radical (unpaired) electrons. The van der Waals surface area contributed by atoms with Crippen LogP contribution in [0.3, 0.4) is 0 Å². The number of sulfone groups is 1. The molecule has 0 spiro atoms. The van der Waals surface area contributed by atoms with Gasteiger partial charge in [0.15, 0.2) is 9.84 Å². The van der Waals surface area contributed by atoms with Crippen LogP contribution in [0.2, 0.25) is 0 Å². The van der Waals surface area contributed by atoms with Crippen molar-refractivity contribution in [3.63, 3.8) is 0 Å². The van der Waals surface area contributed by atoms with Gasteiger partial charge in [0.2, 0.25) is 0 Å². The van der Waals surface area contributed by atoms with E-state index in [1.165, 1.54) is 5.56 Å². The molecule has 0 saturated heterocycles. The van der Waals surface area contributed by atoms with Crippen LogP contribution in [0.25, 0.3) is 0 Å². The van der Waals surface area contributed by atoms with E-state index >= 15 is 0 Å². The van der Waals surface area contributed by atoms with Crippen molar-refractivity contribution in [2.45, 2.75) is 31.6 Å². The fourth-order valence-corrected chi connectivity index (χ4v) is 3.56. The monoisotopic (exact) mass is 210 g/mol. The van der Waals surface area contributed by atoms with Crippen molar-refractivity contribution < 1.29 is 8.42 Å². The van der Waals surface area contributed by atoms with Crippen molar-refractivity contribution in [3.05, 3.63) is 28.8 Å². The SMILES string of the molecule is Cc1cc2c(cc1C)S(=O)(=O)CCC2. The lowest BCUT2D eigenvalue weighted by Gasteiger charge is -2.17. The van der Waals surface area contributed by atoms with Gasteiger partial charge in [-0.25, -0.2) is 8.42 Å². The molecule has 1 aromatic carbocycles. The fourth-order valence-electron chi connectivity index (χ4n) is 1.90. The Balaban J connectivity index is 2.71. The number of benzene rings is 1. The second kappa shape index (κ2) is 3.09. The zero-order valence-corrected chi connectivity index (χ0v) is 9.32. The Kier molecular flexibility index (Phi) is 2.14. The van der Waals surface area contributed by atoms with E-state index in [1.54, 1.807) is 0 Å². The average Bonchev–Trinajstić information content (AvgIpc) is 2.08. The Morgan fingerprint density at radius 1 is 1.14 bits per heavy atom. The van der Waals surface area contributed by atoms with Crippen LogP contribution < -0.4 is 0 Å². The molecule has 0 unspecified atom stereocenters. The van der Waals surface area contributed by atoms with Gasteiger partial charge in [0.25, 0.3) is 0 Å². The number of hydrogen-bond acceptors (Lipinski definition) is 2. The highest BCUT2D eigenvalue weighted by Crippen LogP contribution is 2.27. The van der Waals surface area contributed by atoms with E-state index in [0.717, 1.165) is 24.0 Å². The zero-order chi connectivity index (χ0) is 10.3. The Morgan fingerprint density at radius 2 is 1.79 bits per heavy atom. The molecule has 1 aromatic rings. The summed E-state index contributed by atoms with van der Waals surface area (Å²) in [5.74, 6) is 0.308. The minimum atomic E-state index is -2.98. The summed E-state index contributed by atoms with van der Waals surface area (Å²) in [6.45, 7) is 3.98. The molecule has 0 fully saturated rings. The molecule has 2 nitrogen and oxygen atoms in total. The van der Waals surface area contributed by atoms with Gasteiger partial charge in [0.05, 0.1) is 10.6 Å². The van der Waals surface area contributed by atoms with Crippen molar-refractivity contribution in [1.29, 1.82) is 0 Å². The largest absolute Gasteiger partial charge is 0.224 e. The number of rotatable bonds is 0. The number of fused-ring (bicyclic) bond motifs is 1. The lowest BCUT2D eigenvalue weighted by Crippen LogP contribution is -2.16. The van der Waals surface area contributed by atoms with Gasteiger partial charge in [-0.2, -0.15) is 0 Å². The second-order valence-corrected chi connectivity index (χ2v) is 6.04. The van der Waals surface area contributed by atoms with Gasteiger partial charge in [0, 0.05) is 0 Å². The lowest BCUT2D eigenvalue weighted by molar-refractivity contribution is 0.586. The molecule has 0 aromatic heterocycles. The summed E-state index contributed by atoms with van der Waals surface area (Å²) in [6.07, 6.45) is 1.66. The number of aryl methyl sites for hydroxylation is 3. The molecule has 2 rings (SSSR count). The first-order chi connectivity index (χ1) is 6.50. The first-order valence-electron chi connectivity index (χ1n) is 4.83. The summed E-state index contributed by atoms with van der Waals surface area (Å²) in [5.41, 5.74) is 3.24. The van der Waals surface area contributed by atoms with Crippen molar-refractivity contribution in [2.75, 3.05) is 5.75 Å². The summed E-state index contributed by atoms with van der Waals surface area (Å²) >= 11 is 0. The predicted octanol–water partition coefficient (Wildman–Crippen LogP) is 2.02. The van der Waals surface area contributed by atoms with Crippen LogP contribution in [0.1, 0.15) is 23.1 Å². The van der Waals surface area contributed by atoms with E-state index in [4.69, 9.17) is 0 Å². The molecule has 1 aliphatic heterocycles. The van der Waals surface area contributed by atoms with Gasteiger partial charge in [0.1, 0.15) is 0 Å². The average molecular weight is 210 g/mol. The molecule has 0 N–H and O–H groups in total. The maximum Gasteiger partial charge on any atom is 0.178 e. The van der Waals surface area contributed by atoms with Gasteiger partial charge in [-0.15, -0.1) is 0 Å². The van der Waals surface area contributed by atoms with E-state index in [0.29, 0.717) is 10.6 Å². The molecule has 0 atom stereocenters. The van der Waals surface area contributed by atoms with Crippen LogP contribution >= 0.6 is 0 Å². The van der Waals surface area contributed by atoms with Crippen molar-refractivity contribution in [2.24, 2.45) is 0 Å². The maximum absolute atomic E-state index is 11.7. The molecule has 0 aliphatic carbocycles. The summed E-state index contributed by atoms with van der Waals surface area (Å²) in [7, 11) is -2.98. The highest BCUT2D eigenvalue weighted by molar-refractivity contribution is 7.91. The van der Waals surface area contributed by atoms with Gasteiger partial charge in [-0.3, -0.25) is 0 Å². The highest BCUT2D eigenvalue weighted by Gasteiger charge is 2.23. The molecule has 3 heteroatoms. The minimum Gasteiger partial charge on any atom is -0.224 e. The number of hydrogen-bond donors (Lipinski definition) is 0. The molecular weight excluding hydrogens is 196 g/mol. The lowest BCUT2D eigenvalue weighted by atomic mass is 10.0. The zero-order valence-electron chi connectivity index (χ0n) is 8.50. The van der Waals surface area contributed by atoms with Gasteiger partial charge in [-0.1, -0.05) is 6.07 Å². The van der Waals surface area contributed by atoms with Gasteiger partial charge < -0.3 is 0 Å². The quantitative estimate of drug-likeness (QED) is 0.656. The molecule has 0 bridgehead atoms. The van der Waals surface area contributed by atoms with Gasteiger partial charge in [-0.05, 0) is 49.4 Å². The topological polar surface area (TPSA) is 34.1 Å². The first-order valence-corrected chi connectivity index (χ1v) is 6.49. The normalized spacial score (nSPS) is 19.0. The maximum atomic E-state index is 11.7. The standard InChI is InChI=1S/C11H14O2S/c1-8-6-10-4-3-5-14(12,13)11(10)7-9(8)2/h6-7H,3-5H2,1-2H3. The van der Waals surface area contributed by atoms with Crippen molar-refractivity contribution in [3.8, 4) is 0 Å². The molecule has 76 valence electrons. The first kappa shape index (κ1) is 9.71. The van der Waals surface area contributed by atoms with E-state index in [2.05, 4.69) is 0 Å². The van der Waals surface area contributed by atoms with Crippen LogP contribution in [0.15, 0.2) is 17.0 Å². The molecule has 14 heavy (non-hydrogen) atoms. The highest BCUT2D eigenvalue weighted by atomic mass is 32.2. The third-order valence-electron chi connectivity index (χ3n) is 2.87. The third kappa shape index (κ3) is 1.46. The van der Waals surface area contributed by atoms with Crippen LogP contribution in [0.5, 0.6) is 0 Å². The summed E-state index contributed by atoms with van der Waals surface area (Å²) in [4.78, 5) is 0.562.